The van der Waals surface area contributed by atoms with Crippen LogP contribution in [0.5, 0.6) is 0 Å². The zero-order chi connectivity index (χ0) is 10.1. The molecule has 0 spiro atoms. The van der Waals surface area contributed by atoms with Gasteiger partial charge in [0.25, 0.3) is 0 Å². The fraction of sp³-hybridized carbons (Fsp3) is 0.750. The Labute approximate surface area is 87.7 Å². The predicted molar refractivity (Wildman–Crippen MR) is 60.6 cm³/mol. The Morgan fingerprint density at radius 3 is 2.46 bits per heavy atom. The number of carbonyl (C=O) groups is 1. The number of carbonyl (C=O) groups excluding carboxylic acids is 1. The summed E-state index contributed by atoms with van der Waals surface area (Å²) in [6.07, 6.45) is 4.32. The van der Waals surface area contributed by atoms with Crippen molar-refractivity contribution in [1.82, 2.24) is 0 Å². The van der Waals surface area contributed by atoms with Gasteiger partial charge in [-0.3, -0.25) is 9.79 Å². The van der Waals surface area contributed by atoms with E-state index in [1.165, 1.54) is 0 Å². The summed E-state index contributed by atoms with van der Waals surface area (Å²) in [7, 11) is 0. The lowest BCUT2D eigenvalue weighted by Crippen LogP contribution is -2.05. The number of esters is 1. The summed E-state index contributed by atoms with van der Waals surface area (Å²) in [5.74, 6) is -0.173. The smallest absolute Gasteiger partial charge is 0.307 e. The minimum Gasteiger partial charge on any atom is -0.466 e. The van der Waals surface area contributed by atoms with E-state index in [1.54, 1.807) is 30.4 Å². The largest absolute Gasteiger partial charge is 0.466 e. The molecule has 76 valence electrons. The van der Waals surface area contributed by atoms with Gasteiger partial charge >= 0.3 is 5.97 Å². The van der Waals surface area contributed by atoms with Gasteiger partial charge in [-0.2, -0.15) is 0 Å². The maximum absolute atomic E-state index is 10.9. The predicted octanol–water partition coefficient (Wildman–Crippen LogP) is 2.02. The van der Waals surface area contributed by atoms with E-state index in [0.29, 0.717) is 19.6 Å². The Morgan fingerprint density at radius 2 is 2.00 bits per heavy atom. The minimum atomic E-state index is -0.173. The topological polar surface area (TPSA) is 38.7 Å². The molecule has 0 amide bonds. The highest BCUT2D eigenvalue weighted by molar-refractivity contribution is 8.38. The van der Waals surface area contributed by atoms with Crippen LogP contribution in [0.4, 0.5) is 0 Å². The van der Waals surface area contributed by atoms with Gasteiger partial charge in [-0.15, -0.1) is 23.5 Å². The molecule has 0 aliphatic heterocycles. The van der Waals surface area contributed by atoms with Crippen molar-refractivity contribution >= 4 is 33.9 Å². The van der Waals surface area contributed by atoms with Crippen molar-refractivity contribution in [3.8, 4) is 0 Å². The van der Waals surface area contributed by atoms with Crippen LogP contribution in [0.2, 0.25) is 0 Å². The quantitative estimate of drug-likeness (QED) is 0.413. The molecule has 0 aromatic heterocycles. The highest BCUT2D eigenvalue weighted by Gasteiger charge is 2.00. The van der Waals surface area contributed by atoms with Gasteiger partial charge in [-0.1, -0.05) is 0 Å². The molecule has 0 saturated heterocycles. The van der Waals surface area contributed by atoms with Crippen molar-refractivity contribution in [2.75, 3.05) is 25.7 Å². The third-order valence-corrected chi connectivity index (χ3v) is 3.17. The average Bonchev–Trinajstić information content (AvgIpc) is 2.13. The molecule has 0 N–H and O–H groups in total. The molecule has 0 rings (SSSR count). The molecule has 0 atom stereocenters. The Hall–Kier alpha value is -0.160. The lowest BCUT2D eigenvalue weighted by molar-refractivity contribution is -0.142. The molecule has 0 fully saturated rings. The van der Waals surface area contributed by atoms with Crippen LogP contribution < -0.4 is 0 Å². The molecule has 5 heteroatoms. The van der Waals surface area contributed by atoms with E-state index < -0.39 is 0 Å². The molecule has 0 bridgehead atoms. The second-order valence-electron chi connectivity index (χ2n) is 2.11. The zero-order valence-corrected chi connectivity index (χ0v) is 9.83. The standard InChI is InChI=1S/C8H15NO2S2/c1-4-11-7(10)5-6-9-8(12-2)13-3/h4-6H2,1-3H3. The number of aliphatic imine (C=N–C) groups is 1. The van der Waals surface area contributed by atoms with Crippen LogP contribution in [0.3, 0.4) is 0 Å². The van der Waals surface area contributed by atoms with Crippen LogP contribution >= 0.6 is 23.5 Å². The maximum atomic E-state index is 10.9. The second kappa shape index (κ2) is 8.44. The van der Waals surface area contributed by atoms with Gasteiger partial charge in [0.2, 0.25) is 0 Å². The molecule has 0 saturated carbocycles. The van der Waals surface area contributed by atoms with Crippen molar-refractivity contribution < 1.29 is 9.53 Å². The average molecular weight is 221 g/mol. The number of thioether (sulfide) groups is 2. The lowest BCUT2D eigenvalue weighted by Gasteiger charge is -2.00. The summed E-state index contributed by atoms with van der Waals surface area (Å²) in [6, 6.07) is 0. The monoisotopic (exact) mass is 221 g/mol. The lowest BCUT2D eigenvalue weighted by atomic mass is 10.4. The van der Waals surface area contributed by atoms with Gasteiger partial charge < -0.3 is 4.74 Å². The minimum absolute atomic E-state index is 0.173. The van der Waals surface area contributed by atoms with E-state index in [9.17, 15) is 4.79 Å². The molecule has 13 heavy (non-hydrogen) atoms. The molecular weight excluding hydrogens is 206 g/mol. The van der Waals surface area contributed by atoms with Crippen LogP contribution in [-0.2, 0) is 9.53 Å². The fourth-order valence-corrected chi connectivity index (χ4v) is 1.79. The number of hydrogen-bond acceptors (Lipinski definition) is 5. The first-order valence-electron chi connectivity index (χ1n) is 4.02. The molecule has 0 radical (unpaired) electrons. The molecule has 0 aliphatic rings. The molecular formula is C8H15NO2S2. The molecule has 0 heterocycles. The highest BCUT2D eigenvalue weighted by atomic mass is 32.2. The third kappa shape index (κ3) is 6.95. The Morgan fingerprint density at radius 1 is 1.38 bits per heavy atom. The summed E-state index contributed by atoms with van der Waals surface area (Å²) < 4.78 is 5.77. The van der Waals surface area contributed by atoms with Crippen LogP contribution in [-0.4, -0.2) is 36.0 Å². The summed E-state index contributed by atoms with van der Waals surface area (Å²) in [6.45, 7) is 2.77. The van der Waals surface area contributed by atoms with Crippen LogP contribution in [0.1, 0.15) is 13.3 Å². The summed E-state index contributed by atoms with van der Waals surface area (Å²) in [4.78, 5) is 15.1. The van der Waals surface area contributed by atoms with E-state index in [2.05, 4.69) is 4.99 Å². The van der Waals surface area contributed by atoms with Crippen molar-refractivity contribution in [3.63, 3.8) is 0 Å². The fourth-order valence-electron chi connectivity index (χ4n) is 0.684. The molecule has 0 aliphatic carbocycles. The van der Waals surface area contributed by atoms with Gasteiger partial charge in [-0.05, 0) is 19.4 Å². The van der Waals surface area contributed by atoms with Gasteiger partial charge in [0, 0.05) is 0 Å². The SMILES string of the molecule is CCOC(=O)CCN=C(SC)SC. The van der Waals surface area contributed by atoms with E-state index >= 15 is 0 Å². The van der Waals surface area contributed by atoms with Crippen molar-refractivity contribution in [2.24, 2.45) is 4.99 Å². The summed E-state index contributed by atoms with van der Waals surface area (Å²) >= 11 is 3.19. The van der Waals surface area contributed by atoms with E-state index in [4.69, 9.17) is 4.74 Å². The van der Waals surface area contributed by atoms with Gasteiger partial charge in [0.15, 0.2) is 0 Å². The van der Waals surface area contributed by atoms with Crippen LogP contribution in [0, 0.1) is 0 Å². The summed E-state index contributed by atoms with van der Waals surface area (Å²) in [5, 5.41) is 0. The van der Waals surface area contributed by atoms with Gasteiger partial charge in [-0.25, -0.2) is 0 Å². The van der Waals surface area contributed by atoms with Crippen molar-refractivity contribution in [1.29, 1.82) is 0 Å². The number of ether oxygens (including phenoxy) is 1. The maximum Gasteiger partial charge on any atom is 0.307 e. The first kappa shape index (κ1) is 12.8. The Kier molecular flexibility index (Phi) is 8.33. The molecule has 0 aromatic carbocycles. The zero-order valence-electron chi connectivity index (χ0n) is 8.20. The van der Waals surface area contributed by atoms with Crippen LogP contribution in [0.25, 0.3) is 0 Å². The molecule has 3 nitrogen and oxygen atoms in total. The number of hydrogen-bond donors (Lipinski definition) is 0. The van der Waals surface area contributed by atoms with E-state index in [0.717, 1.165) is 4.38 Å². The van der Waals surface area contributed by atoms with Crippen molar-refractivity contribution in [3.05, 3.63) is 0 Å². The van der Waals surface area contributed by atoms with E-state index in [1.807, 2.05) is 12.5 Å². The van der Waals surface area contributed by atoms with E-state index in [-0.39, 0.29) is 5.97 Å². The first-order chi connectivity index (χ1) is 6.24. The normalized spacial score (nSPS) is 9.46. The summed E-state index contributed by atoms with van der Waals surface area (Å²) in [5.41, 5.74) is 0. The Balaban J connectivity index is 3.63. The first-order valence-corrected chi connectivity index (χ1v) is 6.47. The van der Waals surface area contributed by atoms with Crippen LogP contribution in [0.15, 0.2) is 4.99 Å². The molecule has 0 unspecified atom stereocenters. The van der Waals surface area contributed by atoms with Crippen molar-refractivity contribution in [2.45, 2.75) is 13.3 Å². The third-order valence-electron chi connectivity index (χ3n) is 1.21. The highest BCUT2D eigenvalue weighted by Crippen LogP contribution is 2.10. The van der Waals surface area contributed by atoms with Gasteiger partial charge in [0.1, 0.15) is 4.38 Å². The Bertz CT molecular complexity index is 177. The number of nitrogens with zero attached hydrogens (tertiary/aromatic N) is 1. The number of rotatable bonds is 4. The second-order valence-corrected chi connectivity index (χ2v) is 3.96. The van der Waals surface area contributed by atoms with Gasteiger partial charge in [0.05, 0.1) is 19.6 Å². The molecule has 0 aromatic rings.